The molecule has 1 N–H and O–H groups in total. The lowest BCUT2D eigenvalue weighted by molar-refractivity contribution is 0.0322. The molecule has 1 aliphatic heterocycles. The first-order valence-corrected chi connectivity index (χ1v) is 11.1. The van der Waals surface area contributed by atoms with Crippen molar-refractivity contribution >= 4 is 17.3 Å². The second-order valence-electron chi connectivity index (χ2n) is 8.11. The maximum absolute atomic E-state index is 13.2. The topological polar surface area (TPSA) is 45.1 Å². The van der Waals surface area contributed by atoms with Crippen molar-refractivity contribution < 1.29 is 14.3 Å². The van der Waals surface area contributed by atoms with Crippen LogP contribution in [0.1, 0.15) is 23.1 Å². The normalized spacial score (nSPS) is 16.6. The zero-order valence-corrected chi connectivity index (χ0v) is 18.5. The Balaban J connectivity index is 1.42. The van der Waals surface area contributed by atoms with Gasteiger partial charge in [0.15, 0.2) is 0 Å². The number of rotatable bonds is 9. The SMILES string of the molecule is OC(Cc1ccccc1)CN(Cc1ccccc1Cl)CC1CC(c2ccc(F)cc2)=NO1. The fourth-order valence-electron chi connectivity index (χ4n) is 3.95. The average molecular weight is 453 g/mol. The van der Waals surface area contributed by atoms with E-state index in [0.29, 0.717) is 37.5 Å². The van der Waals surface area contributed by atoms with Gasteiger partial charge in [-0.1, -0.05) is 77.4 Å². The van der Waals surface area contributed by atoms with Crippen LogP contribution in [0.4, 0.5) is 4.39 Å². The van der Waals surface area contributed by atoms with Crippen LogP contribution in [0.25, 0.3) is 0 Å². The fraction of sp³-hybridized carbons (Fsp3) is 0.269. The fourth-order valence-corrected chi connectivity index (χ4v) is 4.14. The van der Waals surface area contributed by atoms with E-state index in [1.807, 2.05) is 54.6 Å². The lowest BCUT2D eigenvalue weighted by Crippen LogP contribution is -2.38. The summed E-state index contributed by atoms with van der Waals surface area (Å²) in [6.45, 7) is 1.66. The van der Waals surface area contributed by atoms with Crippen LogP contribution >= 0.6 is 11.6 Å². The molecule has 166 valence electrons. The molecule has 0 amide bonds. The summed E-state index contributed by atoms with van der Waals surface area (Å²) < 4.78 is 13.2. The van der Waals surface area contributed by atoms with Crippen molar-refractivity contribution in [2.75, 3.05) is 13.1 Å². The highest BCUT2D eigenvalue weighted by Gasteiger charge is 2.26. The number of benzene rings is 3. The number of aliphatic hydroxyl groups is 1. The molecule has 0 radical (unpaired) electrons. The zero-order valence-electron chi connectivity index (χ0n) is 17.7. The first-order chi connectivity index (χ1) is 15.6. The van der Waals surface area contributed by atoms with E-state index in [-0.39, 0.29) is 11.9 Å². The van der Waals surface area contributed by atoms with Gasteiger partial charge in [0.05, 0.1) is 11.8 Å². The predicted octanol–water partition coefficient (Wildman–Crippen LogP) is 5.08. The number of oxime groups is 1. The average Bonchev–Trinajstić information content (AvgIpc) is 3.25. The minimum absolute atomic E-state index is 0.151. The number of hydrogen-bond donors (Lipinski definition) is 1. The molecule has 0 aromatic heterocycles. The molecule has 0 saturated carbocycles. The lowest BCUT2D eigenvalue weighted by Gasteiger charge is -2.27. The van der Waals surface area contributed by atoms with Crippen LogP contribution in [-0.2, 0) is 17.8 Å². The first kappa shape index (κ1) is 22.5. The Bertz CT molecular complexity index is 1040. The monoisotopic (exact) mass is 452 g/mol. The van der Waals surface area contributed by atoms with Gasteiger partial charge in [-0.3, -0.25) is 4.90 Å². The van der Waals surface area contributed by atoms with Crippen LogP contribution in [0, 0.1) is 5.82 Å². The highest BCUT2D eigenvalue weighted by Crippen LogP contribution is 2.22. The van der Waals surface area contributed by atoms with Gasteiger partial charge < -0.3 is 9.94 Å². The van der Waals surface area contributed by atoms with Gasteiger partial charge in [0.25, 0.3) is 0 Å². The van der Waals surface area contributed by atoms with E-state index >= 15 is 0 Å². The van der Waals surface area contributed by atoms with E-state index in [1.54, 1.807) is 12.1 Å². The molecule has 4 rings (SSSR count). The number of hydrogen-bond acceptors (Lipinski definition) is 4. The summed E-state index contributed by atoms with van der Waals surface area (Å²) in [5.41, 5.74) is 3.75. The van der Waals surface area contributed by atoms with Crippen molar-refractivity contribution in [3.05, 3.63) is 106 Å². The van der Waals surface area contributed by atoms with E-state index in [4.69, 9.17) is 16.4 Å². The molecule has 0 saturated heterocycles. The van der Waals surface area contributed by atoms with E-state index in [2.05, 4.69) is 10.1 Å². The maximum atomic E-state index is 13.2. The van der Waals surface area contributed by atoms with Gasteiger partial charge in [-0.15, -0.1) is 0 Å². The lowest BCUT2D eigenvalue weighted by atomic mass is 10.0. The first-order valence-electron chi connectivity index (χ1n) is 10.7. The third-order valence-corrected chi connectivity index (χ3v) is 5.88. The third-order valence-electron chi connectivity index (χ3n) is 5.51. The van der Waals surface area contributed by atoms with Crippen molar-refractivity contribution in [2.45, 2.75) is 31.6 Å². The van der Waals surface area contributed by atoms with Crippen LogP contribution in [0.15, 0.2) is 84.0 Å². The van der Waals surface area contributed by atoms with Gasteiger partial charge in [-0.2, -0.15) is 0 Å². The van der Waals surface area contributed by atoms with E-state index < -0.39 is 6.10 Å². The standard InChI is InChI=1S/C26H26ClFN2O2/c27-25-9-5-4-8-21(25)16-30(17-23(31)14-19-6-2-1-3-7-19)18-24-15-26(29-32-24)20-10-12-22(28)13-11-20/h1-13,23-24,31H,14-18H2. The molecule has 1 heterocycles. The van der Waals surface area contributed by atoms with E-state index in [1.165, 1.54) is 12.1 Å². The summed E-state index contributed by atoms with van der Waals surface area (Å²) in [7, 11) is 0. The third kappa shape index (κ3) is 6.16. The zero-order chi connectivity index (χ0) is 22.3. The van der Waals surface area contributed by atoms with Crippen LogP contribution in [0.5, 0.6) is 0 Å². The molecule has 0 bridgehead atoms. The van der Waals surface area contributed by atoms with Crippen LogP contribution in [0.3, 0.4) is 0 Å². The van der Waals surface area contributed by atoms with Gasteiger partial charge in [0.1, 0.15) is 11.9 Å². The predicted molar refractivity (Wildman–Crippen MR) is 125 cm³/mol. The Hall–Kier alpha value is -2.73. The van der Waals surface area contributed by atoms with Crippen LogP contribution < -0.4 is 0 Å². The highest BCUT2D eigenvalue weighted by molar-refractivity contribution is 6.31. The second kappa shape index (κ2) is 10.7. The Morgan fingerprint density at radius 3 is 2.50 bits per heavy atom. The summed E-state index contributed by atoms with van der Waals surface area (Å²) in [5.74, 6) is -0.275. The van der Waals surface area contributed by atoms with Gasteiger partial charge in [-0.05, 0) is 41.3 Å². The van der Waals surface area contributed by atoms with Gasteiger partial charge in [0.2, 0.25) is 0 Å². The van der Waals surface area contributed by atoms with Crippen LogP contribution in [-0.4, -0.2) is 41.0 Å². The molecule has 0 aliphatic carbocycles. The molecule has 2 unspecified atom stereocenters. The molecule has 6 heteroatoms. The van der Waals surface area contributed by atoms with E-state index in [9.17, 15) is 9.50 Å². The molecular weight excluding hydrogens is 427 g/mol. The summed E-state index contributed by atoms with van der Waals surface area (Å²) >= 11 is 6.39. The molecule has 32 heavy (non-hydrogen) atoms. The number of nitrogens with zero attached hydrogens (tertiary/aromatic N) is 2. The highest BCUT2D eigenvalue weighted by atomic mass is 35.5. The molecule has 4 nitrogen and oxygen atoms in total. The minimum Gasteiger partial charge on any atom is -0.391 e. The smallest absolute Gasteiger partial charge is 0.145 e. The Morgan fingerprint density at radius 2 is 1.75 bits per heavy atom. The molecule has 1 aliphatic rings. The summed E-state index contributed by atoms with van der Waals surface area (Å²) in [5, 5.41) is 15.7. The van der Waals surface area contributed by atoms with E-state index in [0.717, 1.165) is 22.4 Å². The summed E-state index contributed by atoms with van der Waals surface area (Å²) in [6, 6.07) is 24.0. The molecule has 0 fully saturated rings. The summed E-state index contributed by atoms with van der Waals surface area (Å²) in [6.07, 6.45) is 0.516. The Labute approximate surface area is 192 Å². The van der Waals surface area contributed by atoms with Gasteiger partial charge >= 0.3 is 0 Å². The summed E-state index contributed by atoms with van der Waals surface area (Å²) in [4.78, 5) is 7.84. The minimum atomic E-state index is -0.529. The van der Waals surface area contributed by atoms with Crippen molar-refractivity contribution in [3.63, 3.8) is 0 Å². The van der Waals surface area contributed by atoms with Crippen molar-refractivity contribution in [1.82, 2.24) is 4.90 Å². The van der Waals surface area contributed by atoms with Crippen LogP contribution in [0.2, 0.25) is 5.02 Å². The maximum Gasteiger partial charge on any atom is 0.145 e. The number of halogens is 2. The Morgan fingerprint density at radius 1 is 1.03 bits per heavy atom. The Kier molecular flexibility index (Phi) is 7.53. The molecule has 2 atom stereocenters. The molecule has 3 aromatic carbocycles. The molecule has 3 aromatic rings. The largest absolute Gasteiger partial charge is 0.391 e. The molecule has 0 spiro atoms. The molecular formula is C26H26ClFN2O2. The van der Waals surface area contributed by atoms with Gasteiger partial charge in [-0.25, -0.2) is 4.39 Å². The van der Waals surface area contributed by atoms with Crippen molar-refractivity contribution in [3.8, 4) is 0 Å². The second-order valence-corrected chi connectivity index (χ2v) is 8.51. The quantitative estimate of drug-likeness (QED) is 0.492. The van der Waals surface area contributed by atoms with Gasteiger partial charge in [0, 0.05) is 31.1 Å². The van der Waals surface area contributed by atoms with Crippen molar-refractivity contribution in [1.29, 1.82) is 0 Å². The number of aliphatic hydroxyl groups excluding tert-OH is 1. The van der Waals surface area contributed by atoms with Crippen molar-refractivity contribution in [2.24, 2.45) is 5.16 Å².